The zero-order chi connectivity index (χ0) is 15.6. The molecule has 0 saturated carbocycles. The maximum absolute atomic E-state index is 11.8. The molecule has 0 radical (unpaired) electrons. The molecular weight excluding hydrogens is 278 g/mol. The van der Waals surface area contributed by atoms with Gasteiger partial charge in [-0.3, -0.25) is 4.79 Å². The summed E-state index contributed by atoms with van der Waals surface area (Å²) in [6, 6.07) is 16.7. The van der Waals surface area contributed by atoms with Crippen molar-refractivity contribution in [1.29, 1.82) is 0 Å². The summed E-state index contributed by atoms with van der Waals surface area (Å²) in [5.74, 6) is 1.50. The van der Waals surface area contributed by atoms with Crippen LogP contribution in [0.4, 0.5) is 0 Å². The number of carbonyl (C=O) groups is 1. The summed E-state index contributed by atoms with van der Waals surface area (Å²) in [4.78, 5) is 11.8. The molecule has 0 aromatic heterocycles. The molecule has 0 saturated heterocycles. The largest absolute Gasteiger partial charge is 0.490 e. The number of benzene rings is 2. The van der Waals surface area contributed by atoms with Crippen LogP contribution in [0.25, 0.3) is 0 Å². The summed E-state index contributed by atoms with van der Waals surface area (Å²) in [7, 11) is 0. The molecule has 0 fully saturated rings. The third-order valence-corrected chi connectivity index (χ3v) is 3.02. The van der Waals surface area contributed by atoms with Gasteiger partial charge in [0.1, 0.15) is 24.7 Å². The third-order valence-electron chi connectivity index (χ3n) is 3.02. The van der Waals surface area contributed by atoms with Crippen LogP contribution in [0.5, 0.6) is 11.5 Å². The van der Waals surface area contributed by atoms with Crippen LogP contribution < -0.4 is 14.8 Å². The van der Waals surface area contributed by atoms with Crippen LogP contribution in [0.1, 0.15) is 23.7 Å². The Kier molecular flexibility index (Phi) is 6.30. The van der Waals surface area contributed by atoms with E-state index in [0.29, 0.717) is 25.3 Å². The zero-order valence-electron chi connectivity index (χ0n) is 12.7. The van der Waals surface area contributed by atoms with Crippen molar-refractivity contribution in [2.45, 2.75) is 13.3 Å². The molecule has 2 aromatic carbocycles. The molecule has 0 unspecified atom stereocenters. The van der Waals surface area contributed by atoms with Crippen LogP contribution in [-0.2, 0) is 0 Å². The normalized spacial score (nSPS) is 10.0. The number of hydrogen-bond donors (Lipinski definition) is 1. The molecule has 4 heteroatoms. The minimum atomic E-state index is -0.0548. The lowest BCUT2D eigenvalue weighted by Gasteiger charge is -2.09. The highest BCUT2D eigenvalue weighted by Crippen LogP contribution is 2.13. The molecule has 4 nitrogen and oxygen atoms in total. The van der Waals surface area contributed by atoms with E-state index >= 15 is 0 Å². The highest BCUT2D eigenvalue weighted by atomic mass is 16.5. The van der Waals surface area contributed by atoms with Crippen LogP contribution in [0.15, 0.2) is 54.6 Å². The number of amides is 1. The van der Waals surface area contributed by atoms with E-state index in [1.165, 1.54) is 0 Å². The van der Waals surface area contributed by atoms with E-state index in [9.17, 15) is 4.79 Å². The SMILES string of the molecule is CCCNC(=O)c1ccc(OCCOc2ccccc2)cc1. The van der Waals surface area contributed by atoms with Crippen molar-refractivity contribution >= 4 is 5.91 Å². The van der Waals surface area contributed by atoms with Crippen LogP contribution >= 0.6 is 0 Å². The minimum absolute atomic E-state index is 0.0548. The van der Waals surface area contributed by atoms with E-state index in [1.54, 1.807) is 24.3 Å². The van der Waals surface area contributed by atoms with Gasteiger partial charge in [0.2, 0.25) is 0 Å². The van der Waals surface area contributed by atoms with E-state index < -0.39 is 0 Å². The van der Waals surface area contributed by atoms with Gasteiger partial charge >= 0.3 is 0 Å². The van der Waals surface area contributed by atoms with Crippen molar-refractivity contribution < 1.29 is 14.3 Å². The van der Waals surface area contributed by atoms with Gasteiger partial charge in [-0.25, -0.2) is 0 Å². The summed E-state index contributed by atoms with van der Waals surface area (Å²) >= 11 is 0. The Morgan fingerprint density at radius 2 is 1.50 bits per heavy atom. The van der Waals surface area contributed by atoms with Crippen molar-refractivity contribution in [2.75, 3.05) is 19.8 Å². The Morgan fingerprint density at radius 3 is 2.09 bits per heavy atom. The van der Waals surface area contributed by atoms with Gasteiger partial charge in [0.15, 0.2) is 0 Å². The number of rotatable bonds is 8. The second-order valence-electron chi connectivity index (χ2n) is 4.79. The van der Waals surface area contributed by atoms with Crippen molar-refractivity contribution in [2.24, 2.45) is 0 Å². The Morgan fingerprint density at radius 1 is 0.909 bits per heavy atom. The molecule has 0 aliphatic carbocycles. The van der Waals surface area contributed by atoms with Crippen molar-refractivity contribution in [3.63, 3.8) is 0 Å². The molecule has 0 spiro atoms. The summed E-state index contributed by atoms with van der Waals surface area (Å²) in [5.41, 5.74) is 0.640. The molecule has 0 bridgehead atoms. The number of nitrogens with one attached hydrogen (secondary N) is 1. The molecular formula is C18H21NO3. The molecule has 1 amide bonds. The van der Waals surface area contributed by atoms with E-state index in [-0.39, 0.29) is 5.91 Å². The summed E-state index contributed by atoms with van der Waals surface area (Å²) in [6.45, 7) is 3.64. The highest BCUT2D eigenvalue weighted by molar-refractivity contribution is 5.94. The Hall–Kier alpha value is -2.49. The molecule has 0 atom stereocenters. The highest BCUT2D eigenvalue weighted by Gasteiger charge is 2.04. The fourth-order valence-electron chi connectivity index (χ4n) is 1.88. The Labute approximate surface area is 131 Å². The first-order valence-corrected chi connectivity index (χ1v) is 7.48. The minimum Gasteiger partial charge on any atom is -0.490 e. The fourth-order valence-corrected chi connectivity index (χ4v) is 1.88. The lowest BCUT2D eigenvalue weighted by molar-refractivity contribution is 0.0953. The fraction of sp³-hybridized carbons (Fsp3) is 0.278. The number of para-hydroxylation sites is 1. The van der Waals surface area contributed by atoms with Gasteiger partial charge in [-0.15, -0.1) is 0 Å². The van der Waals surface area contributed by atoms with Crippen molar-refractivity contribution in [3.8, 4) is 11.5 Å². The van der Waals surface area contributed by atoms with Crippen LogP contribution in [0, 0.1) is 0 Å². The average molecular weight is 299 g/mol. The second kappa shape index (κ2) is 8.72. The van der Waals surface area contributed by atoms with Gasteiger partial charge in [-0.05, 0) is 42.8 Å². The molecule has 2 rings (SSSR count). The maximum Gasteiger partial charge on any atom is 0.251 e. The molecule has 116 valence electrons. The number of hydrogen-bond acceptors (Lipinski definition) is 3. The van der Waals surface area contributed by atoms with Crippen LogP contribution in [0.3, 0.4) is 0 Å². The number of ether oxygens (including phenoxy) is 2. The summed E-state index contributed by atoms with van der Waals surface area (Å²) in [6.07, 6.45) is 0.925. The molecule has 22 heavy (non-hydrogen) atoms. The average Bonchev–Trinajstić information content (AvgIpc) is 2.58. The third kappa shape index (κ3) is 5.13. The van der Waals surface area contributed by atoms with Crippen molar-refractivity contribution in [3.05, 3.63) is 60.2 Å². The van der Waals surface area contributed by atoms with Gasteiger partial charge in [-0.1, -0.05) is 25.1 Å². The van der Waals surface area contributed by atoms with Crippen LogP contribution in [0.2, 0.25) is 0 Å². The molecule has 0 aliphatic heterocycles. The first-order valence-electron chi connectivity index (χ1n) is 7.48. The first kappa shape index (κ1) is 15.9. The molecule has 2 aromatic rings. The molecule has 1 N–H and O–H groups in total. The predicted octanol–water partition coefficient (Wildman–Crippen LogP) is 3.28. The summed E-state index contributed by atoms with van der Waals surface area (Å²) < 4.78 is 11.1. The second-order valence-corrected chi connectivity index (χ2v) is 4.79. The molecule has 0 heterocycles. The lowest BCUT2D eigenvalue weighted by atomic mass is 10.2. The molecule has 0 aliphatic rings. The monoisotopic (exact) mass is 299 g/mol. The first-order chi connectivity index (χ1) is 10.8. The summed E-state index contributed by atoms with van der Waals surface area (Å²) in [5, 5.41) is 2.84. The van der Waals surface area contributed by atoms with E-state index in [1.807, 2.05) is 37.3 Å². The maximum atomic E-state index is 11.8. The van der Waals surface area contributed by atoms with Gasteiger partial charge in [0.25, 0.3) is 5.91 Å². The van der Waals surface area contributed by atoms with Gasteiger partial charge < -0.3 is 14.8 Å². The van der Waals surface area contributed by atoms with E-state index in [0.717, 1.165) is 17.9 Å². The standard InChI is InChI=1S/C18H21NO3/c1-2-12-19-18(20)15-8-10-17(11-9-15)22-14-13-21-16-6-4-3-5-7-16/h3-11H,2,12-14H2,1H3,(H,19,20). The predicted molar refractivity (Wildman–Crippen MR) is 86.5 cm³/mol. The topological polar surface area (TPSA) is 47.6 Å². The smallest absolute Gasteiger partial charge is 0.251 e. The Balaban J connectivity index is 1.73. The lowest BCUT2D eigenvalue weighted by Crippen LogP contribution is -2.23. The van der Waals surface area contributed by atoms with Crippen LogP contribution in [-0.4, -0.2) is 25.7 Å². The van der Waals surface area contributed by atoms with Gasteiger partial charge in [-0.2, -0.15) is 0 Å². The van der Waals surface area contributed by atoms with Crippen molar-refractivity contribution in [1.82, 2.24) is 5.32 Å². The van der Waals surface area contributed by atoms with Gasteiger partial charge in [0.05, 0.1) is 0 Å². The van der Waals surface area contributed by atoms with E-state index in [2.05, 4.69) is 5.32 Å². The van der Waals surface area contributed by atoms with E-state index in [4.69, 9.17) is 9.47 Å². The zero-order valence-corrected chi connectivity index (χ0v) is 12.7. The Bertz CT molecular complexity index is 567. The number of carbonyl (C=O) groups excluding carboxylic acids is 1. The quantitative estimate of drug-likeness (QED) is 0.761. The van der Waals surface area contributed by atoms with Gasteiger partial charge in [0, 0.05) is 12.1 Å².